The minimum atomic E-state index is -0.561. The van der Waals surface area contributed by atoms with E-state index in [0.717, 1.165) is 18.8 Å². The van der Waals surface area contributed by atoms with Crippen molar-refractivity contribution < 1.29 is 19.5 Å². The van der Waals surface area contributed by atoms with E-state index in [2.05, 4.69) is 15.3 Å². The third-order valence-electron chi connectivity index (χ3n) is 5.54. The van der Waals surface area contributed by atoms with Crippen LogP contribution < -0.4 is 10.2 Å². The lowest BCUT2D eigenvalue weighted by atomic mass is 9.79. The summed E-state index contributed by atoms with van der Waals surface area (Å²) in [6.45, 7) is 14.2. The third-order valence-corrected chi connectivity index (χ3v) is 5.54. The van der Waals surface area contributed by atoms with Crippen molar-refractivity contribution in [1.29, 1.82) is 0 Å². The molecule has 1 aromatic carbocycles. The zero-order chi connectivity index (χ0) is 24.0. The molecule has 2 amide bonds. The van der Waals surface area contributed by atoms with E-state index in [1.54, 1.807) is 19.1 Å². The Morgan fingerprint density at radius 2 is 1.75 bits per heavy atom. The molecule has 2 aliphatic rings. The second kappa shape index (κ2) is 8.26. The van der Waals surface area contributed by atoms with Gasteiger partial charge in [-0.1, -0.05) is 0 Å². The molecule has 3 rings (SSSR count). The maximum absolute atomic E-state index is 13.2. The standard InChI is InChI=1S/C24H30N4O4/c1-8-27(9-2)15-10-11-16(17(12-15)25-14(4)29)19-21(30)20(22(19)31)18-13(3)26-28(23(18)32)24(5,6)7/h10-12,30H,8-9H2,1-7H3,(H,25,29). The Morgan fingerprint density at radius 3 is 2.22 bits per heavy atom. The first-order valence-electron chi connectivity index (χ1n) is 10.7. The number of amides is 2. The summed E-state index contributed by atoms with van der Waals surface area (Å²) in [5.74, 6) is -1.41. The number of aliphatic hydroxyl groups excluding tert-OH is 1. The van der Waals surface area contributed by atoms with Gasteiger partial charge in [0.05, 0.1) is 33.7 Å². The molecule has 8 nitrogen and oxygen atoms in total. The lowest BCUT2D eigenvalue weighted by Crippen LogP contribution is -2.40. The maximum Gasteiger partial charge on any atom is 0.277 e. The van der Waals surface area contributed by atoms with E-state index in [4.69, 9.17) is 0 Å². The minimum absolute atomic E-state index is 0.0282. The Bertz CT molecular complexity index is 1100. The SMILES string of the molecule is CCN(CC)c1ccc(C2=C(O)C(=C3C(=O)N(C(C)(C)C)N=C3C)C2=O)c(NC(C)=O)c1. The Balaban J connectivity index is 2.11. The number of aliphatic hydroxyl groups is 1. The quantitative estimate of drug-likeness (QED) is 0.683. The van der Waals surface area contributed by atoms with Gasteiger partial charge in [0.25, 0.3) is 5.91 Å². The van der Waals surface area contributed by atoms with Gasteiger partial charge in [-0.05, 0) is 59.7 Å². The predicted molar refractivity (Wildman–Crippen MR) is 126 cm³/mol. The number of anilines is 2. The van der Waals surface area contributed by atoms with Gasteiger partial charge in [-0.15, -0.1) is 0 Å². The number of allylic oxidation sites excluding steroid dienone is 2. The molecule has 1 heterocycles. The first kappa shape index (κ1) is 23.2. The van der Waals surface area contributed by atoms with Gasteiger partial charge < -0.3 is 15.3 Å². The summed E-state index contributed by atoms with van der Waals surface area (Å²) in [6, 6.07) is 5.35. The van der Waals surface area contributed by atoms with Crippen molar-refractivity contribution in [2.75, 3.05) is 23.3 Å². The van der Waals surface area contributed by atoms with Gasteiger partial charge >= 0.3 is 0 Å². The van der Waals surface area contributed by atoms with Crippen molar-refractivity contribution in [3.05, 3.63) is 40.7 Å². The zero-order valence-corrected chi connectivity index (χ0v) is 19.7. The van der Waals surface area contributed by atoms with E-state index in [0.29, 0.717) is 17.0 Å². The number of nitrogens with one attached hydrogen (secondary N) is 1. The Morgan fingerprint density at radius 1 is 1.12 bits per heavy atom. The third kappa shape index (κ3) is 3.81. The Kier molecular flexibility index (Phi) is 6.00. The van der Waals surface area contributed by atoms with Crippen LogP contribution in [0.1, 0.15) is 54.0 Å². The molecule has 1 aromatic rings. The zero-order valence-electron chi connectivity index (χ0n) is 19.7. The molecule has 1 aliphatic heterocycles. The normalized spacial score (nSPS) is 18.7. The molecule has 0 spiro atoms. The number of ketones is 1. The van der Waals surface area contributed by atoms with Crippen molar-refractivity contribution in [1.82, 2.24) is 5.01 Å². The van der Waals surface area contributed by atoms with E-state index >= 15 is 0 Å². The van der Waals surface area contributed by atoms with Crippen LogP contribution in [0.2, 0.25) is 0 Å². The molecule has 8 heteroatoms. The van der Waals surface area contributed by atoms with E-state index in [9.17, 15) is 19.5 Å². The largest absolute Gasteiger partial charge is 0.506 e. The molecular formula is C24H30N4O4. The van der Waals surface area contributed by atoms with Crippen LogP contribution in [-0.2, 0) is 14.4 Å². The Labute approximate surface area is 188 Å². The predicted octanol–water partition coefficient (Wildman–Crippen LogP) is 3.66. The van der Waals surface area contributed by atoms with E-state index in [1.165, 1.54) is 11.9 Å². The number of nitrogens with zero attached hydrogens (tertiary/aromatic N) is 3. The molecule has 0 radical (unpaired) electrons. The maximum atomic E-state index is 13.2. The summed E-state index contributed by atoms with van der Waals surface area (Å²) in [7, 11) is 0. The molecule has 0 bridgehead atoms. The summed E-state index contributed by atoms with van der Waals surface area (Å²) < 4.78 is 0. The van der Waals surface area contributed by atoms with Gasteiger partial charge in [0, 0.05) is 31.3 Å². The molecule has 0 aromatic heterocycles. The summed E-state index contributed by atoms with van der Waals surface area (Å²) in [6.07, 6.45) is 0. The lowest BCUT2D eigenvalue weighted by molar-refractivity contribution is -0.130. The monoisotopic (exact) mass is 438 g/mol. The van der Waals surface area contributed by atoms with Crippen molar-refractivity contribution >= 4 is 40.3 Å². The van der Waals surface area contributed by atoms with Gasteiger partial charge in [-0.2, -0.15) is 5.10 Å². The van der Waals surface area contributed by atoms with E-state index < -0.39 is 17.2 Å². The highest BCUT2D eigenvalue weighted by atomic mass is 16.3. The van der Waals surface area contributed by atoms with Crippen LogP contribution in [0.3, 0.4) is 0 Å². The van der Waals surface area contributed by atoms with Crippen LogP contribution in [0.5, 0.6) is 0 Å². The molecule has 0 atom stereocenters. The summed E-state index contributed by atoms with van der Waals surface area (Å²) in [5.41, 5.74) is 1.73. The smallest absolute Gasteiger partial charge is 0.277 e. The number of carbonyl (C=O) groups is 3. The summed E-state index contributed by atoms with van der Waals surface area (Å²) >= 11 is 0. The first-order chi connectivity index (χ1) is 14.9. The Hall–Kier alpha value is -3.42. The van der Waals surface area contributed by atoms with Crippen molar-refractivity contribution in [2.45, 2.75) is 54.0 Å². The average Bonchev–Trinajstić information content (AvgIpc) is 2.99. The van der Waals surface area contributed by atoms with Gasteiger partial charge in [0.1, 0.15) is 5.76 Å². The van der Waals surface area contributed by atoms with Crippen LogP contribution in [0.4, 0.5) is 11.4 Å². The molecular weight excluding hydrogens is 408 g/mol. The summed E-state index contributed by atoms with van der Waals surface area (Å²) in [5, 5.41) is 19.2. The molecule has 1 aliphatic carbocycles. The molecule has 0 unspecified atom stereocenters. The molecule has 0 fully saturated rings. The molecule has 170 valence electrons. The highest BCUT2D eigenvalue weighted by Gasteiger charge is 2.45. The van der Waals surface area contributed by atoms with Gasteiger partial charge in [-0.3, -0.25) is 14.4 Å². The van der Waals surface area contributed by atoms with Crippen LogP contribution in [0, 0.1) is 0 Å². The highest BCUT2D eigenvalue weighted by Crippen LogP contribution is 2.43. The first-order valence-corrected chi connectivity index (χ1v) is 10.7. The highest BCUT2D eigenvalue weighted by molar-refractivity contribution is 6.44. The van der Waals surface area contributed by atoms with Crippen LogP contribution in [0.25, 0.3) is 5.57 Å². The van der Waals surface area contributed by atoms with Crippen LogP contribution >= 0.6 is 0 Å². The average molecular weight is 439 g/mol. The number of rotatable bonds is 5. The van der Waals surface area contributed by atoms with E-state index in [-0.39, 0.29) is 28.4 Å². The van der Waals surface area contributed by atoms with Gasteiger partial charge in [0.15, 0.2) is 0 Å². The minimum Gasteiger partial charge on any atom is -0.506 e. The molecule has 0 saturated carbocycles. The van der Waals surface area contributed by atoms with Crippen molar-refractivity contribution in [3.63, 3.8) is 0 Å². The second-order valence-corrected chi connectivity index (χ2v) is 8.86. The fourth-order valence-corrected chi connectivity index (χ4v) is 3.96. The molecule has 0 saturated heterocycles. The number of hydrazone groups is 1. The lowest BCUT2D eigenvalue weighted by Gasteiger charge is -2.29. The van der Waals surface area contributed by atoms with Gasteiger partial charge in [0.2, 0.25) is 11.7 Å². The van der Waals surface area contributed by atoms with Crippen molar-refractivity contribution in [2.24, 2.45) is 5.10 Å². The number of benzene rings is 1. The van der Waals surface area contributed by atoms with E-state index in [1.807, 2.05) is 40.7 Å². The number of carbonyl (C=O) groups excluding carboxylic acids is 3. The molecule has 2 N–H and O–H groups in total. The topological polar surface area (TPSA) is 102 Å². The molecule has 32 heavy (non-hydrogen) atoms. The second-order valence-electron chi connectivity index (χ2n) is 8.86. The number of Topliss-reactive ketones (excluding diaryl/α,β-unsaturated/α-hetero) is 1. The number of hydrogen-bond donors (Lipinski definition) is 2. The van der Waals surface area contributed by atoms with Gasteiger partial charge in [-0.25, -0.2) is 5.01 Å². The van der Waals surface area contributed by atoms with Crippen LogP contribution in [-0.4, -0.2) is 52.1 Å². The fraction of sp³-hybridized carbons (Fsp3) is 0.417. The summed E-state index contributed by atoms with van der Waals surface area (Å²) in [4.78, 5) is 40.0. The van der Waals surface area contributed by atoms with Crippen LogP contribution in [0.15, 0.2) is 40.2 Å². The van der Waals surface area contributed by atoms with Crippen molar-refractivity contribution in [3.8, 4) is 0 Å². The number of hydrogen-bond acceptors (Lipinski definition) is 6. The fourth-order valence-electron chi connectivity index (χ4n) is 3.96.